The van der Waals surface area contributed by atoms with Gasteiger partial charge >= 0.3 is 0 Å². The van der Waals surface area contributed by atoms with Crippen molar-refractivity contribution < 1.29 is 22.8 Å². The van der Waals surface area contributed by atoms with Gasteiger partial charge in [0.15, 0.2) is 5.78 Å². The van der Waals surface area contributed by atoms with Gasteiger partial charge in [0.1, 0.15) is 12.6 Å². The monoisotopic (exact) mass is 563 g/mol. The minimum atomic E-state index is -3.92. The van der Waals surface area contributed by atoms with E-state index in [9.17, 15) is 22.8 Å². The Morgan fingerprint density at radius 3 is 2.12 bits per heavy atom. The Kier molecular flexibility index (Phi) is 10.2. The molecule has 0 spiro atoms. The minimum Gasteiger partial charge on any atom is -0.352 e. The Hall–Kier alpha value is -3.98. The molecule has 9 heteroatoms. The van der Waals surface area contributed by atoms with Crippen molar-refractivity contribution in [2.24, 2.45) is 0 Å². The number of ketones is 1. The van der Waals surface area contributed by atoms with Gasteiger partial charge in [-0.15, -0.1) is 0 Å². The molecular formula is C31H37N3O5S. The number of nitrogens with zero attached hydrogens (tertiary/aromatic N) is 2. The van der Waals surface area contributed by atoms with Gasteiger partial charge in [-0.25, -0.2) is 8.42 Å². The molecule has 1 N–H and O–H groups in total. The van der Waals surface area contributed by atoms with E-state index in [1.165, 1.54) is 17.9 Å². The van der Waals surface area contributed by atoms with E-state index in [1.807, 2.05) is 75.4 Å². The fourth-order valence-corrected chi connectivity index (χ4v) is 5.28. The van der Waals surface area contributed by atoms with Gasteiger partial charge in [0.2, 0.25) is 21.8 Å². The fourth-order valence-electron chi connectivity index (χ4n) is 4.44. The standard InChI is InChI=1S/C31H37N3O5S/c1-22(2)32-31(37)29(18-25-12-7-6-8-13-25)33(20-26-14-9-11-23(3)17-26)30(36)21-34(40(5,38)39)28-16-10-15-27(19-28)24(4)35/h6-17,19,22,29H,18,20-21H2,1-5H3,(H,32,37)/t29-/m1/s1. The third kappa shape index (κ3) is 8.51. The predicted molar refractivity (Wildman–Crippen MR) is 158 cm³/mol. The zero-order valence-corrected chi connectivity index (χ0v) is 24.4. The van der Waals surface area contributed by atoms with Crippen LogP contribution in [0.25, 0.3) is 0 Å². The molecule has 0 unspecified atom stereocenters. The molecule has 0 heterocycles. The molecule has 8 nitrogen and oxygen atoms in total. The number of benzene rings is 3. The molecule has 212 valence electrons. The number of anilines is 1. The topological polar surface area (TPSA) is 104 Å². The van der Waals surface area contributed by atoms with Crippen LogP contribution in [0, 0.1) is 6.92 Å². The smallest absolute Gasteiger partial charge is 0.244 e. The Morgan fingerprint density at radius 2 is 1.52 bits per heavy atom. The Labute approximate surface area is 237 Å². The first-order chi connectivity index (χ1) is 18.8. The highest BCUT2D eigenvalue weighted by Gasteiger charge is 2.33. The van der Waals surface area contributed by atoms with Crippen LogP contribution in [-0.2, 0) is 32.6 Å². The summed E-state index contributed by atoms with van der Waals surface area (Å²) in [6.07, 6.45) is 1.26. The van der Waals surface area contributed by atoms with Crippen molar-refractivity contribution >= 4 is 33.3 Å². The van der Waals surface area contributed by atoms with Crippen LogP contribution >= 0.6 is 0 Å². The van der Waals surface area contributed by atoms with E-state index in [4.69, 9.17) is 0 Å². The average Bonchev–Trinajstić information content (AvgIpc) is 2.88. The van der Waals surface area contributed by atoms with Gasteiger partial charge in [0.05, 0.1) is 11.9 Å². The number of amides is 2. The van der Waals surface area contributed by atoms with Crippen LogP contribution in [0.5, 0.6) is 0 Å². The molecule has 0 saturated carbocycles. The molecule has 2 amide bonds. The first-order valence-electron chi connectivity index (χ1n) is 13.1. The second-order valence-electron chi connectivity index (χ2n) is 10.3. The summed E-state index contributed by atoms with van der Waals surface area (Å²) >= 11 is 0. The molecule has 0 bridgehead atoms. The van der Waals surface area contributed by atoms with E-state index in [0.29, 0.717) is 5.56 Å². The van der Waals surface area contributed by atoms with Gasteiger partial charge in [-0.05, 0) is 51.0 Å². The molecule has 0 aromatic heterocycles. The Balaban J connectivity index is 2.07. The molecule has 0 saturated heterocycles. The number of nitrogens with one attached hydrogen (secondary N) is 1. The van der Waals surface area contributed by atoms with Crippen molar-refractivity contribution in [3.8, 4) is 0 Å². The van der Waals surface area contributed by atoms with Crippen LogP contribution < -0.4 is 9.62 Å². The number of carbonyl (C=O) groups excluding carboxylic acids is 3. The van der Waals surface area contributed by atoms with Gasteiger partial charge < -0.3 is 10.2 Å². The maximum atomic E-state index is 14.1. The lowest BCUT2D eigenvalue weighted by molar-refractivity contribution is -0.140. The first kappa shape index (κ1) is 30.6. The summed E-state index contributed by atoms with van der Waals surface area (Å²) in [7, 11) is -3.92. The summed E-state index contributed by atoms with van der Waals surface area (Å²) in [4.78, 5) is 41.1. The highest BCUT2D eigenvalue weighted by Crippen LogP contribution is 2.22. The summed E-state index contributed by atoms with van der Waals surface area (Å²) in [5, 5.41) is 2.93. The van der Waals surface area contributed by atoms with Gasteiger partial charge in [-0.1, -0.05) is 72.3 Å². The average molecular weight is 564 g/mol. The number of hydrogen-bond donors (Lipinski definition) is 1. The lowest BCUT2D eigenvalue weighted by Crippen LogP contribution is -2.54. The number of aryl methyl sites for hydroxylation is 1. The van der Waals surface area contributed by atoms with E-state index in [2.05, 4.69) is 5.32 Å². The molecule has 3 aromatic rings. The fraction of sp³-hybridized carbons (Fsp3) is 0.323. The SMILES string of the molecule is CC(=O)c1cccc(N(CC(=O)N(Cc2cccc(C)c2)[C@H](Cc2ccccc2)C(=O)NC(C)C)S(C)(=O)=O)c1. The lowest BCUT2D eigenvalue weighted by Gasteiger charge is -2.34. The van der Waals surface area contributed by atoms with Crippen molar-refractivity contribution in [1.82, 2.24) is 10.2 Å². The Bertz CT molecular complexity index is 1450. The van der Waals surface area contributed by atoms with Crippen LogP contribution in [0.1, 0.15) is 47.8 Å². The van der Waals surface area contributed by atoms with E-state index in [1.54, 1.807) is 18.2 Å². The van der Waals surface area contributed by atoms with Crippen molar-refractivity contribution in [3.63, 3.8) is 0 Å². The number of Topliss-reactive ketones (excluding diaryl/α,β-unsaturated/α-hetero) is 1. The third-order valence-electron chi connectivity index (χ3n) is 6.36. The zero-order valence-electron chi connectivity index (χ0n) is 23.6. The van der Waals surface area contributed by atoms with E-state index in [-0.39, 0.29) is 36.4 Å². The largest absolute Gasteiger partial charge is 0.352 e. The van der Waals surface area contributed by atoms with Crippen molar-refractivity contribution in [2.75, 3.05) is 17.1 Å². The zero-order chi connectivity index (χ0) is 29.4. The molecule has 0 aliphatic heterocycles. The molecule has 40 heavy (non-hydrogen) atoms. The second-order valence-corrected chi connectivity index (χ2v) is 12.2. The van der Waals surface area contributed by atoms with E-state index in [0.717, 1.165) is 27.3 Å². The van der Waals surface area contributed by atoms with Crippen LogP contribution in [0.3, 0.4) is 0 Å². The lowest BCUT2D eigenvalue weighted by atomic mass is 10.0. The first-order valence-corrected chi connectivity index (χ1v) is 15.0. The quantitative estimate of drug-likeness (QED) is 0.334. The van der Waals surface area contributed by atoms with Crippen LogP contribution in [-0.4, -0.2) is 55.8 Å². The molecular weight excluding hydrogens is 526 g/mol. The molecule has 1 atom stereocenters. The number of rotatable bonds is 12. The predicted octanol–water partition coefficient (Wildman–Crippen LogP) is 4.13. The maximum Gasteiger partial charge on any atom is 0.244 e. The van der Waals surface area contributed by atoms with Crippen LogP contribution in [0.4, 0.5) is 5.69 Å². The molecule has 3 aromatic carbocycles. The normalized spacial score (nSPS) is 12.1. The van der Waals surface area contributed by atoms with Gasteiger partial charge in [-0.2, -0.15) is 0 Å². The number of sulfonamides is 1. The summed E-state index contributed by atoms with van der Waals surface area (Å²) in [6, 6.07) is 22.1. The van der Waals surface area contributed by atoms with E-state index >= 15 is 0 Å². The summed E-state index contributed by atoms with van der Waals surface area (Å²) in [6.45, 7) is 6.59. The van der Waals surface area contributed by atoms with Crippen molar-refractivity contribution in [2.45, 2.75) is 52.7 Å². The Morgan fingerprint density at radius 1 is 0.875 bits per heavy atom. The third-order valence-corrected chi connectivity index (χ3v) is 7.50. The molecule has 0 fully saturated rings. The summed E-state index contributed by atoms with van der Waals surface area (Å²) in [5.41, 5.74) is 3.20. The molecule has 0 aliphatic rings. The summed E-state index contributed by atoms with van der Waals surface area (Å²) < 4.78 is 26.8. The second kappa shape index (κ2) is 13.4. The van der Waals surface area contributed by atoms with Crippen LogP contribution in [0.2, 0.25) is 0 Å². The van der Waals surface area contributed by atoms with Gasteiger partial charge in [-0.3, -0.25) is 18.7 Å². The van der Waals surface area contributed by atoms with Gasteiger partial charge in [0.25, 0.3) is 0 Å². The number of hydrogen-bond acceptors (Lipinski definition) is 5. The maximum absolute atomic E-state index is 14.1. The number of carbonyl (C=O) groups is 3. The van der Waals surface area contributed by atoms with Crippen molar-refractivity contribution in [3.05, 3.63) is 101 Å². The molecule has 0 aliphatic carbocycles. The molecule has 0 radical (unpaired) electrons. The molecule has 3 rings (SSSR count). The highest BCUT2D eigenvalue weighted by molar-refractivity contribution is 7.92. The van der Waals surface area contributed by atoms with Crippen molar-refractivity contribution in [1.29, 1.82) is 0 Å². The van der Waals surface area contributed by atoms with Gasteiger partial charge in [0, 0.05) is 24.6 Å². The summed E-state index contributed by atoms with van der Waals surface area (Å²) in [5.74, 6) is -1.10. The minimum absolute atomic E-state index is 0.106. The highest BCUT2D eigenvalue weighted by atomic mass is 32.2. The van der Waals surface area contributed by atoms with Crippen LogP contribution in [0.15, 0.2) is 78.9 Å². The van der Waals surface area contributed by atoms with E-state index < -0.39 is 28.5 Å².